The Balaban J connectivity index is 2.74. The van der Waals surface area contributed by atoms with Gasteiger partial charge in [-0.25, -0.2) is 4.79 Å². The average molecular weight is 298 g/mol. The van der Waals surface area contributed by atoms with Crippen LogP contribution in [-0.2, 0) is 14.4 Å². The Hall–Kier alpha value is -1.84. The number of aliphatic hydroxyl groups excluding tert-OH is 1. The Kier molecular flexibility index (Phi) is 4.58. The van der Waals surface area contributed by atoms with Crippen molar-refractivity contribution in [2.45, 2.75) is 37.7 Å². The number of alkyl halides is 3. The first-order valence-electron chi connectivity index (χ1n) is 5.63. The highest BCUT2D eigenvalue weighted by Crippen LogP contribution is 2.20. The lowest BCUT2D eigenvalue weighted by molar-refractivity contribution is -0.175. The summed E-state index contributed by atoms with van der Waals surface area (Å²) in [7, 11) is 0. The van der Waals surface area contributed by atoms with Crippen molar-refractivity contribution in [1.82, 2.24) is 10.2 Å². The highest BCUT2D eigenvalue weighted by Gasteiger charge is 2.43. The van der Waals surface area contributed by atoms with Gasteiger partial charge in [-0.1, -0.05) is 0 Å². The van der Waals surface area contributed by atoms with Crippen LogP contribution in [0, 0.1) is 0 Å². The smallest absolute Gasteiger partial charge is 0.471 e. The molecule has 1 rings (SSSR count). The Morgan fingerprint density at radius 3 is 2.35 bits per heavy atom. The third-order valence-electron chi connectivity index (χ3n) is 2.82. The van der Waals surface area contributed by atoms with Gasteiger partial charge in [0.15, 0.2) is 0 Å². The molecule has 0 saturated carbocycles. The van der Waals surface area contributed by atoms with Gasteiger partial charge >= 0.3 is 18.1 Å². The highest BCUT2D eigenvalue weighted by molar-refractivity contribution is 5.92. The van der Waals surface area contributed by atoms with Crippen LogP contribution in [0.4, 0.5) is 13.2 Å². The number of likely N-dealkylation sites (tertiary alicyclic amines) is 1. The van der Waals surface area contributed by atoms with E-state index in [1.165, 1.54) is 5.32 Å². The van der Waals surface area contributed by atoms with Crippen molar-refractivity contribution in [3.63, 3.8) is 0 Å². The summed E-state index contributed by atoms with van der Waals surface area (Å²) >= 11 is 0. The van der Waals surface area contributed by atoms with Crippen molar-refractivity contribution in [2.24, 2.45) is 0 Å². The van der Waals surface area contributed by atoms with E-state index >= 15 is 0 Å². The number of nitrogens with zero attached hydrogens (tertiary/aromatic N) is 1. The Morgan fingerprint density at radius 1 is 1.35 bits per heavy atom. The molecule has 2 amide bonds. The zero-order valence-electron chi connectivity index (χ0n) is 10.3. The van der Waals surface area contributed by atoms with Crippen LogP contribution in [0.3, 0.4) is 0 Å². The molecule has 3 N–H and O–H groups in total. The third-order valence-corrected chi connectivity index (χ3v) is 2.82. The molecule has 0 spiro atoms. The van der Waals surface area contributed by atoms with Crippen LogP contribution < -0.4 is 5.32 Å². The predicted octanol–water partition coefficient (Wildman–Crippen LogP) is -0.900. The predicted molar refractivity (Wildman–Crippen MR) is 57.4 cm³/mol. The molecule has 114 valence electrons. The number of rotatable bonds is 3. The summed E-state index contributed by atoms with van der Waals surface area (Å²) in [4.78, 5) is 34.2. The zero-order valence-corrected chi connectivity index (χ0v) is 10.3. The van der Waals surface area contributed by atoms with Gasteiger partial charge in [0.1, 0.15) is 12.1 Å². The maximum atomic E-state index is 12.0. The van der Waals surface area contributed by atoms with Gasteiger partial charge in [-0.2, -0.15) is 13.2 Å². The number of carbonyl (C=O) groups excluding carboxylic acids is 2. The molecule has 3 atom stereocenters. The average Bonchev–Trinajstić information content (AvgIpc) is 2.69. The van der Waals surface area contributed by atoms with Gasteiger partial charge in [-0.3, -0.25) is 9.59 Å². The van der Waals surface area contributed by atoms with Crippen LogP contribution in [0.25, 0.3) is 0 Å². The lowest BCUT2D eigenvalue weighted by Crippen LogP contribution is -2.52. The number of hydrogen-bond donors (Lipinski definition) is 3. The van der Waals surface area contributed by atoms with Crippen molar-refractivity contribution >= 4 is 17.8 Å². The molecule has 0 aromatic carbocycles. The van der Waals surface area contributed by atoms with Gasteiger partial charge < -0.3 is 20.4 Å². The number of aliphatic hydroxyl groups is 1. The molecular weight excluding hydrogens is 285 g/mol. The van der Waals surface area contributed by atoms with E-state index in [1.54, 1.807) is 0 Å². The molecule has 1 saturated heterocycles. The molecule has 0 unspecified atom stereocenters. The first-order valence-corrected chi connectivity index (χ1v) is 5.63. The van der Waals surface area contributed by atoms with Gasteiger partial charge in [0, 0.05) is 13.0 Å². The standard InChI is InChI=1S/C10H13F3N2O5/c1-4(14-9(20)10(11,12)13)7(17)15-3-5(16)2-6(15)8(18)19/h4-6,16H,2-3H2,1H3,(H,14,20)(H,18,19)/t4-,5+,6-/m0/s1. The molecule has 20 heavy (non-hydrogen) atoms. The molecule has 0 aromatic heterocycles. The summed E-state index contributed by atoms with van der Waals surface area (Å²) in [6.45, 7) is 0.706. The Bertz CT molecular complexity index is 426. The molecule has 1 heterocycles. The lowest BCUT2D eigenvalue weighted by atomic mass is 10.2. The number of carboxylic acid groups (broad SMARTS) is 1. The molecule has 1 fully saturated rings. The van der Waals surface area contributed by atoms with Gasteiger partial charge in [0.25, 0.3) is 0 Å². The summed E-state index contributed by atoms with van der Waals surface area (Å²) in [5, 5.41) is 19.6. The lowest BCUT2D eigenvalue weighted by Gasteiger charge is -2.25. The van der Waals surface area contributed by atoms with Crippen LogP contribution in [-0.4, -0.2) is 63.8 Å². The third kappa shape index (κ3) is 3.59. The van der Waals surface area contributed by atoms with Crippen molar-refractivity contribution in [3.8, 4) is 0 Å². The van der Waals surface area contributed by atoms with Crippen molar-refractivity contribution < 1.29 is 37.8 Å². The topological polar surface area (TPSA) is 107 Å². The van der Waals surface area contributed by atoms with Crippen LogP contribution in [0.2, 0.25) is 0 Å². The van der Waals surface area contributed by atoms with Gasteiger partial charge in [-0.05, 0) is 6.92 Å². The number of halogens is 3. The minimum atomic E-state index is -5.13. The van der Waals surface area contributed by atoms with E-state index in [9.17, 15) is 32.7 Å². The molecule has 7 nitrogen and oxygen atoms in total. The van der Waals surface area contributed by atoms with Gasteiger partial charge in [-0.15, -0.1) is 0 Å². The van der Waals surface area contributed by atoms with Crippen molar-refractivity contribution in [1.29, 1.82) is 0 Å². The number of hydrogen-bond acceptors (Lipinski definition) is 4. The molecule has 0 bridgehead atoms. The summed E-state index contributed by atoms with van der Waals surface area (Å²) < 4.78 is 36.1. The fourth-order valence-electron chi connectivity index (χ4n) is 1.88. The van der Waals surface area contributed by atoms with Crippen LogP contribution >= 0.6 is 0 Å². The minimum Gasteiger partial charge on any atom is -0.480 e. The second kappa shape index (κ2) is 5.65. The van der Waals surface area contributed by atoms with E-state index in [0.717, 1.165) is 11.8 Å². The number of carboxylic acids is 1. The van der Waals surface area contributed by atoms with E-state index in [-0.39, 0.29) is 13.0 Å². The van der Waals surface area contributed by atoms with E-state index in [0.29, 0.717) is 0 Å². The second-order valence-corrected chi connectivity index (χ2v) is 4.43. The molecule has 1 aliphatic heterocycles. The summed E-state index contributed by atoms with van der Waals surface area (Å²) in [6.07, 6.45) is -6.41. The number of amides is 2. The fourth-order valence-corrected chi connectivity index (χ4v) is 1.88. The van der Waals surface area contributed by atoms with Gasteiger partial charge in [0.05, 0.1) is 6.10 Å². The number of β-amino-alcohol motifs (C(OH)–C–C–N with tert-alkyl or cyclic N) is 1. The molecular formula is C10H13F3N2O5. The maximum Gasteiger partial charge on any atom is 0.471 e. The van der Waals surface area contributed by atoms with Crippen LogP contribution in [0.15, 0.2) is 0 Å². The minimum absolute atomic E-state index is 0.207. The molecule has 0 radical (unpaired) electrons. The SMILES string of the molecule is C[C@H](NC(=O)C(F)(F)F)C(=O)N1C[C@H](O)C[C@H]1C(=O)O. The normalized spacial score (nSPS) is 24.4. The zero-order chi connectivity index (χ0) is 15.7. The quantitative estimate of drug-likeness (QED) is 0.626. The van der Waals surface area contributed by atoms with E-state index in [4.69, 9.17) is 5.11 Å². The Morgan fingerprint density at radius 2 is 1.90 bits per heavy atom. The largest absolute Gasteiger partial charge is 0.480 e. The second-order valence-electron chi connectivity index (χ2n) is 4.43. The summed E-state index contributed by atoms with van der Waals surface area (Å²) in [5.41, 5.74) is 0. The van der Waals surface area contributed by atoms with E-state index < -0.39 is 42.1 Å². The van der Waals surface area contributed by atoms with Crippen molar-refractivity contribution in [3.05, 3.63) is 0 Å². The summed E-state index contributed by atoms with van der Waals surface area (Å²) in [6, 6.07) is -2.86. The number of carbonyl (C=O) groups is 3. The first kappa shape index (κ1) is 16.2. The van der Waals surface area contributed by atoms with Crippen LogP contribution in [0.5, 0.6) is 0 Å². The van der Waals surface area contributed by atoms with Gasteiger partial charge in [0.2, 0.25) is 5.91 Å². The number of nitrogens with one attached hydrogen (secondary N) is 1. The molecule has 0 aliphatic carbocycles. The number of aliphatic carboxylic acids is 1. The van der Waals surface area contributed by atoms with E-state index in [1.807, 2.05) is 0 Å². The Labute approximate surface area is 111 Å². The molecule has 0 aromatic rings. The maximum absolute atomic E-state index is 12.0. The summed E-state index contributed by atoms with van der Waals surface area (Å²) in [5.74, 6) is -4.65. The van der Waals surface area contributed by atoms with Crippen molar-refractivity contribution in [2.75, 3.05) is 6.54 Å². The molecule has 1 aliphatic rings. The van der Waals surface area contributed by atoms with Crippen LogP contribution in [0.1, 0.15) is 13.3 Å². The van der Waals surface area contributed by atoms with E-state index in [2.05, 4.69) is 0 Å². The fraction of sp³-hybridized carbons (Fsp3) is 0.700. The first-order chi connectivity index (χ1) is 9.04. The monoisotopic (exact) mass is 298 g/mol. The molecule has 10 heteroatoms. The highest BCUT2D eigenvalue weighted by atomic mass is 19.4.